The number of hydrogen-bond donors (Lipinski definition) is 1. The van der Waals surface area contributed by atoms with Gasteiger partial charge in [0.2, 0.25) is 0 Å². The van der Waals surface area contributed by atoms with Crippen molar-refractivity contribution in [3.8, 4) is 5.75 Å². The fraction of sp³-hybridized carbons (Fsp3) is 0.238. The lowest BCUT2D eigenvalue weighted by molar-refractivity contribution is -0.115. The van der Waals surface area contributed by atoms with E-state index >= 15 is 0 Å². The van der Waals surface area contributed by atoms with Crippen molar-refractivity contribution in [2.75, 3.05) is 5.32 Å². The standard InChI is InChI=1S/C21H17Cl3FNO3/c1-11(27)13-4-2-5-14(13)21(28)26-12-8-17(23)20(18(24)9-12)29-10-15-16(22)6-3-7-19(15)25/h3,6-9H,2,4-5,10H2,1H3,(H,26,28). The topological polar surface area (TPSA) is 55.4 Å². The molecule has 1 aliphatic rings. The SMILES string of the molecule is CC(=O)C1=C(C(=O)Nc2cc(Cl)c(OCc3c(F)cccc3Cl)c(Cl)c2)CCC1. The quantitative estimate of drug-likeness (QED) is 0.549. The number of anilines is 1. The Labute approximate surface area is 182 Å². The zero-order valence-electron chi connectivity index (χ0n) is 15.5. The van der Waals surface area contributed by atoms with E-state index in [1.54, 1.807) is 6.07 Å². The first-order chi connectivity index (χ1) is 13.8. The number of allylic oxidation sites excluding steroid dienone is 1. The molecule has 0 aliphatic heterocycles. The van der Waals surface area contributed by atoms with Gasteiger partial charge in [-0.2, -0.15) is 0 Å². The van der Waals surface area contributed by atoms with Crippen LogP contribution in [0.3, 0.4) is 0 Å². The summed E-state index contributed by atoms with van der Waals surface area (Å²) in [7, 11) is 0. The summed E-state index contributed by atoms with van der Waals surface area (Å²) in [4.78, 5) is 24.2. The van der Waals surface area contributed by atoms with Crippen molar-refractivity contribution in [2.24, 2.45) is 0 Å². The van der Waals surface area contributed by atoms with Crippen LogP contribution in [0.25, 0.3) is 0 Å². The van der Waals surface area contributed by atoms with Gasteiger partial charge < -0.3 is 10.1 Å². The molecule has 0 fully saturated rings. The number of halogens is 4. The van der Waals surface area contributed by atoms with Crippen LogP contribution in [0.4, 0.5) is 10.1 Å². The van der Waals surface area contributed by atoms with Crippen LogP contribution in [0, 0.1) is 5.82 Å². The summed E-state index contributed by atoms with van der Waals surface area (Å²) >= 11 is 18.5. The molecule has 0 unspecified atom stereocenters. The maximum atomic E-state index is 13.9. The number of nitrogens with one attached hydrogen (secondary N) is 1. The summed E-state index contributed by atoms with van der Waals surface area (Å²) < 4.78 is 19.5. The van der Waals surface area contributed by atoms with Crippen LogP contribution >= 0.6 is 34.8 Å². The highest BCUT2D eigenvalue weighted by Crippen LogP contribution is 2.37. The number of benzene rings is 2. The minimum absolute atomic E-state index is 0.0979. The largest absolute Gasteiger partial charge is 0.486 e. The second-order valence-electron chi connectivity index (χ2n) is 6.58. The van der Waals surface area contributed by atoms with Gasteiger partial charge in [0.1, 0.15) is 12.4 Å². The van der Waals surface area contributed by atoms with Gasteiger partial charge in [0.05, 0.1) is 15.1 Å². The number of rotatable bonds is 6. The molecule has 2 aromatic rings. The van der Waals surface area contributed by atoms with Crippen LogP contribution in [0.1, 0.15) is 31.7 Å². The van der Waals surface area contributed by atoms with E-state index in [-0.39, 0.29) is 44.7 Å². The highest BCUT2D eigenvalue weighted by Gasteiger charge is 2.24. The molecule has 1 aliphatic carbocycles. The Bertz CT molecular complexity index is 977. The molecular weight excluding hydrogens is 440 g/mol. The fourth-order valence-electron chi connectivity index (χ4n) is 3.17. The molecule has 3 rings (SSSR count). The molecule has 0 heterocycles. The third-order valence-corrected chi connectivity index (χ3v) is 5.51. The van der Waals surface area contributed by atoms with Crippen molar-refractivity contribution in [3.05, 3.63) is 67.9 Å². The second-order valence-corrected chi connectivity index (χ2v) is 7.80. The molecular formula is C21H17Cl3FNO3. The Morgan fingerprint density at radius 3 is 2.34 bits per heavy atom. The normalized spacial score (nSPS) is 13.6. The van der Waals surface area contributed by atoms with E-state index in [1.165, 1.54) is 31.2 Å². The van der Waals surface area contributed by atoms with Crippen LogP contribution in [-0.2, 0) is 16.2 Å². The molecule has 1 N–H and O–H groups in total. The van der Waals surface area contributed by atoms with E-state index in [0.29, 0.717) is 29.7 Å². The molecule has 1 amide bonds. The summed E-state index contributed by atoms with van der Waals surface area (Å²) in [5.41, 5.74) is 1.59. The highest BCUT2D eigenvalue weighted by molar-refractivity contribution is 6.37. The van der Waals surface area contributed by atoms with Gasteiger partial charge in [-0.3, -0.25) is 9.59 Å². The molecule has 0 aromatic heterocycles. The first-order valence-electron chi connectivity index (χ1n) is 8.87. The van der Waals surface area contributed by atoms with E-state index in [1.807, 2.05) is 0 Å². The highest BCUT2D eigenvalue weighted by atomic mass is 35.5. The summed E-state index contributed by atoms with van der Waals surface area (Å²) in [5, 5.41) is 3.24. The summed E-state index contributed by atoms with van der Waals surface area (Å²) in [6.07, 6.45) is 1.92. The van der Waals surface area contributed by atoms with E-state index in [0.717, 1.165) is 6.42 Å². The van der Waals surface area contributed by atoms with Crippen molar-refractivity contribution in [3.63, 3.8) is 0 Å². The predicted octanol–water partition coefficient (Wildman–Crippen LogP) is 6.37. The molecule has 2 aromatic carbocycles. The van der Waals surface area contributed by atoms with E-state index in [2.05, 4.69) is 5.32 Å². The Morgan fingerprint density at radius 1 is 1.07 bits per heavy atom. The van der Waals surface area contributed by atoms with E-state index in [9.17, 15) is 14.0 Å². The lowest BCUT2D eigenvalue weighted by atomic mass is 10.1. The molecule has 4 nitrogen and oxygen atoms in total. The van der Waals surface area contributed by atoms with Crippen LogP contribution in [0.2, 0.25) is 15.1 Å². The number of Topliss-reactive ketones (excluding diaryl/α,β-unsaturated/α-hetero) is 1. The second kappa shape index (κ2) is 9.16. The number of ether oxygens (including phenoxy) is 1. The molecule has 0 saturated heterocycles. The summed E-state index contributed by atoms with van der Waals surface area (Å²) in [6.45, 7) is 1.29. The fourth-order valence-corrected chi connectivity index (χ4v) is 3.99. The van der Waals surface area contributed by atoms with Crippen LogP contribution < -0.4 is 10.1 Å². The Kier molecular flexibility index (Phi) is 6.83. The van der Waals surface area contributed by atoms with Crippen molar-refractivity contribution in [1.82, 2.24) is 0 Å². The van der Waals surface area contributed by atoms with Gasteiger partial charge in [0, 0.05) is 22.4 Å². The molecule has 0 radical (unpaired) electrons. The van der Waals surface area contributed by atoms with E-state index < -0.39 is 5.82 Å². The maximum absolute atomic E-state index is 13.9. The number of amides is 1. The van der Waals surface area contributed by atoms with E-state index in [4.69, 9.17) is 39.5 Å². The minimum atomic E-state index is -0.500. The Morgan fingerprint density at radius 2 is 1.72 bits per heavy atom. The van der Waals surface area contributed by atoms with Gasteiger partial charge in [-0.15, -0.1) is 0 Å². The predicted molar refractivity (Wildman–Crippen MR) is 112 cm³/mol. The molecule has 29 heavy (non-hydrogen) atoms. The zero-order chi connectivity index (χ0) is 21.1. The molecule has 8 heteroatoms. The number of ketones is 1. The Hall–Kier alpha value is -2.08. The van der Waals surface area contributed by atoms with Gasteiger partial charge in [-0.1, -0.05) is 40.9 Å². The maximum Gasteiger partial charge on any atom is 0.251 e. The van der Waals surface area contributed by atoms with Crippen molar-refractivity contribution in [2.45, 2.75) is 32.8 Å². The van der Waals surface area contributed by atoms with Gasteiger partial charge in [-0.25, -0.2) is 4.39 Å². The third-order valence-electron chi connectivity index (χ3n) is 4.60. The summed E-state index contributed by atoms with van der Waals surface area (Å²) in [6, 6.07) is 7.28. The number of carbonyl (C=O) groups excluding carboxylic acids is 2. The first kappa shape index (κ1) is 21.6. The smallest absolute Gasteiger partial charge is 0.251 e. The number of carbonyl (C=O) groups is 2. The average molecular weight is 457 g/mol. The molecule has 0 bridgehead atoms. The molecule has 0 saturated carbocycles. The van der Waals surface area contributed by atoms with Crippen molar-refractivity contribution in [1.29, 1.82) is 0 Å². The van der Waals surface area contributed by atoms with Crippen molar-refractivity contribution < 1.29 is 18.7 Å². The average Bonchev–Trinajstić information content (AvgIpc) is 3.13. The Balaban J connectivity index is 1.77. The number of hydrogen-bond acceptors (Lipinski definition) is 3. The van der Waals surface area contributed by atoms with Gasteiger partial charge in [0.25, 0.3) is 5.91 Å². The van der Waals surface area contributed by atoms with Crippen LogP contribution in [0.5, 0.6) is 5.75 Å². The monoisotopic (exact) mass is 455 g/mol. The van der Waals surface area contributed by atoms with Gasteiger partial charge >= 0.3 is 0 Å². The molecule has 152 valence electrons. The molecule has 0 atom stereocenters. The van der Waals surface area contributed by atoms with Gasteiger partial charge in [0.15, 0.2) is 11.5 Å². The minimum Gasteiger partial charge on any atom is -0.486 e. The van der Waals surface area contributed by atoms with Crippen LogP contribution in [0.15, 0.2) is 41.5 Å². The first-order valence-corrected chi connectivity index (χ1v) is 10.0. The lowest BCUT2D eigenvalue weighted by Crippen LogP contribution is -2.16. The van der Waals surface area contributed by atoms with Gasteiger partial charge in [-0.05, 0) is 50.5 Å². The lowest BCUT2D eigenvalue weighted by Gasteiger charge is -2.14. The summed E-state index contributed by atoms with van der Waals surface area (Å²) in [5.74, 6) is -0.805. The van der Waals surface area contributed by atoms with Crippen molar-refractivity contribution >= 4 is 52.2 Å². The molecule has 0 spiro atoms. The van der Waals surface area contributed by atoms with Crippen LogP contribution in [-0.4, -0.2) is 11.7 Å². The zero-order valence-corrected chi connectivity index (χ0v) is 17.7. The third kappa shape index (κ3) is 4.92.